The molecular formula is C7H11IOSi. The van der Waals surface area contributed by atoms with Crippen molar-refractivity contribution in [3.05, 3.63) is 15.9 Å². The van der Waals surface area contributed by atoms with Gasteiger partial charge in [-0.3, -0.25) is 0 Å². The van der Waals surface area contributed by atoms with E-state index in [4.69, 9.17) is 4.42 Å². The molecule has 0 saturated heterocycles. The number of hydrogen-bond acceptors (Lipinski definition) is 1. The predicted octanol–water partition coefficient (Wildman–Crippen LogP) is 2.43. The van der Waals surface area contributed by atoms with Gasteiger partial charge in [0, 0.05) is 0 Å². The van der Waals surface area contributed by atoms with Gasteiger partial charge in [0.05, 0.1) is 5.38 Å². The van der Waals surface area contributed by atoms with Crippen molar-refractivity contribution in [2.75, 3.05) is 0 Å². The van der Waals surface area contributed by atoms with Gasteiger partial charge in [-0.05, 0) is 34.7 Å². The molecule has 0 spiro atoms. The number of hydrogen-bond donors (Lipinski definition) is 0. The monoisotopic (exact) mass is 266 g/mol. The van der Waals surface area contributed by atoms with Gasteiger partial charge in [0.15, 0.2) is 3.77 Å². The fraction of sp³-hybridized carbons (Fsp3) is 0.429. The van der Waals surface area contributed by atoms with Gasteiger partial charge >= 0.3 is 0 Å². The molecule has 0 aliphatic carbocycles. The van der Waals surface area contributed by atoms with E-state index in [2.05, 4.69) is 48.3 Å². The molecule has 0 bridgehead atoms. The zero-order valence-electron chi connectivity index (χ0n) is 6.44. The highest BCUT2D eigenvalue weighted by atomic mass is 127. The molecule has 56 valence electrons. The van der Waals surface area contributed by atoms with E-state index in [1.165, 1.54) is 5.38 Å². The van der Waals surface area contributed by atoms with Gasteiger partial charge in [-0.15, -0.1) is 0 Å². The van der Waals surface area contributed by atoms with Crippen LogP contribution in [0, 0.1) is 3.77 Å². The Bertz CT molecular complexity index is 224. The van der Waals surface area contributed by atoms with E-state index in [-0.39, 0.29) is 0 Å². The van der Waals surface area contributed by atoms with E-state index in [0.29, 0.717) is 0 Å². The van der Waals surface area contributed by atoms with Crippen molar-refractivity contribution in [1.29, 1.82) is 0 Å². The van der Waals surface area contributed by atoms with Crippen LogP contribution in [0.5, 0.6) is 0 Å². The molecule has 0 atom stereocenters. The van der Waals surface area contributed by atoms with E-state index in [0.717, 1.165) is 3.77 Å². The van der Waals surface area contributed by atoms with Crippen molar-refractivity contribution in [3.8, 4) is 0 Å². The molecule has 1 heterocycles. The van der Waals surface area contributed by atoms with E-state index in [1.54, 1.807) is 0 Å². The Balaban J connectivity index is 2.96. The molecule has 1 rings (SSSR count). The topological polar surface area (TPSA) is 13.1 Å². The van der Waals surface area contributed by atoms with Crippen LogP contribution in [0.2, 0.25) is 19.6 Å². The van der Waals surface area contributed by atoms with Crippen LogP contribution in [-0.4, -0.2) is 8.07 Å². The Morgan fingerprint density at radius 3 is 2.10 bits per heavy atom. The minimum Gasteiger partial charge on any atom is -0.461 e. The van der Waals surface area contributed by atoms with E-state index in [9.17, 15) is 0 Å². The van der Waals surface area contributed by atoms with Gasteiger partial charge in [0.25, 0.3) is 0 Å². The average molecular weight is 266 g/mol. The van der Waals surface area contributed by atoms with Crippen molar-refractivity contribution in [3.63, 3.8) is 0 Å². The fourth-order valence-electron chi connectivity index (χ4n) is 0.717. The Morgan fingerprint density at radius 1 is 1.30 bits per heavy atom. The lowest BCUT2D eigenvalue weighted by molar-refractivity contribution is 0.567. The first-order chi connectivity index (χ1) is 4.50. The molecule has 0 N–H and O–H groups in total. The molecule has 1 nitrogen and oxygen atoms in total. The van der Waals surface area contributed by atoms with Crippen molar-refractivity contribution < 1.29 is 4.42 Å². The molecule has 1 aromatic rings. The van der Waals surface area contributed by atoms with Crippen LogP contribution >= 0.6 is 22.6 Å². The van der Waals surface area contributed by atoms with Crippen LogP contribution in [0.15, 0.2) is 16.5 Å². The maximum Gasteiger partial charge on any atom is 0.163 e. The first-order valence-electron chi connectivity index (χ1n) is 3.26. The quantitative estimate of drug-likeness (QED) is 0.562. The second-order valence-electron chi connectivity index (χ2n) is 3.35. The number of halogens is 1. The predicted molar refractivity (Wildman–Crippen MR) is 54.4 cm³/mol. The smallest absolute Gasteiger partial charge is 0.163 e. The third kappa shape index (κ3) is 1.85. The zero-order chi connectivity index (χ0) is 7.78. The highest BCUT2D eigenvalue weighted by Gasteiger charge is 2.20. The number of furan rings is 1. The Hall–Kier alpha value is 0.227. The average Bonchev–Trinajstić information content (AvgIpc) is 2.11. The Labute approximate surface area is 76.0 Å². The maximum atomic E-state index is 5.50. The Morgan fingerprint density at radius 2 is 1.90 bits per heavy atom. The SMILES string of the molecule is C[Si](C)(C)c1ccc(I)o1. The number of rotatable bonds is 1. The van der Waals surface area contributed by atoms with Crippen LogP contribution in [0.3, 0.4) is 0 Å². The van der Waals surface area contributed by atoms with Crippen LogP contribution in [-0.2, 0) is 0 Å². The van der Waals surface area contributed by atoms with Crippen LogP contribution in [0.4, 0.5) is 0 Å². The largest absolute Gasteiger partial charge is 0.461 e. The Kier molecular flexibility index (Phi) is 2.24. The summed E-state index contributed by atoms with van der Waals surface area (Å²) in [5.41, 5.74) is 0. The summed E-state index contributed by atoms with van der Waals surface area (Å²) in [7, 11) is -1.18. The van der Waals surface area contributed by atoms with Gasteiger partial charge < -0.3 is 4.42 Å². The minimum atomic E-state index is -1.18. The minimum absolute atomic E-state index is 0.995. The lowest BCUT2D eigenvalue weighted by Crippen LogP contribution is -2.36. The summed E-state index contributed by atoms with van der Waals surface area (Å²) < 4.78 is 6.49. The summed E-state index contributed by atoms with van der Waals surface area (Å²) in [6, 6.07) is 4.11. The molecule has 3 heteroatoms. The van der Waals surface area contributed by atoms with Crippen molar-refractivity contribution >= 4 is 36.0 Å². The summed E-state index contributed by atoms with van der Waals surface area (Å²) >= 11 is 2.20. The first kappa shape index (κ1) is 8.32. The highest BCUT2D eigenvalue weighted by Crippen LogP contribution is 2.07. The van der Waals surface area contributed by atoms with E-state index >= 15 is 0 Å². The van der Waals surface area contributed by atoms with Crippen molar-refractivity contribution in [2.45, 2.75) is 19.6 Å². The van der Waals surface area contributed by atoms with Crippen LogP contribution in [0.1, 0.15) is 0 Å². The molecule has 0 aliphatic heterocycles. The summed E-state index contributed by atoms with van der Waals surface area (Å²) in [6.07, 6.45) is 0. The summed E-state index contributed by atoms with van der Waals surface area (Å²) in [5, 5.41) is 1.19. The lowest BCUT2D eigenvalue weighted by atomic mass is 10.7. The second kappa shape index (κ2) is 2.69. The van der Waals surface area contributed by atoms with Crippen LogP contribution in [0.25, 0.3) is 0 Å². The molecule has 0 fully saturated rings. The second-order valence-corrected chi connectivity index (χ2v) is 9.41. The maximum absolute atomic E-state index is 5.50. The molecule has 10 heavy (non-hydrogen) atoms. The van der Waals surface area contributed by atoms with Gasteiger partial charge in [-0.2, -0.15) is 0 Å². The first-order valence-corrected chi connectivity index (χ1v) is 7.84. The normalized spacial score (nSPS) is 12.0. The van der Waals surface area contributed by atoms with Crippen molar-refractivity contribution in [1.82, 2.24) is 0 Å². The lowest BCUT2D eigenvalue weighted by Gasteiger charge is -2.10. The van der Waals surface area contributed by atoms with Crippen molar-refractivity contribution in [2.24, 2.45) is 0 Å². The molecule has 0 amide bonds. The standard InChI is InChI=1S/C7H11IOSi/c1-10(2,3)7-5-4-6(8)9-7/h4-5H,1-3H3. The molecule has 0 aromatic carbocycles. The summed E-state index contributed by atoms with van der Waals surface area (Å²) in [4.78, 5) is 0. The van der Waals surface area contributed by atoms with Gasteiger partial charge in [-0.25, -0.2) is 0 Å². The molecular weight excluding hydrogens is 255 g/mol. The fourth-order valence-corrected chi connectivity index (χ4v) is 2.34. The van der Waals surface area contributed by atoms with Crippen LogP contribution < -0.4 is 5.38 Å². The third-order valence-electron chi connectivity index (χ3n) is 1.31. The molecule has 0 saturated carbocycles. The molecule has 1 aromatic heterocycles. The van der Waals surface area contributed by atoms with Gasteiger partial charge in [-0.1, -0.05) is 19.6 Å². The van der Waals surface area contributed by atoms with E-state index in [1.807, 2.05) is 6.07 Å². The zero-order valence-corrected chi connectivity index (χ0v) is 9.60. The molecule has 0 unspecified atom stereocenters. The highest BCUT2D eigenvalue weighted by molar-refractivity contribution is 14.1. The third-order valence-corrected chi connectivity index (χ3v) is 3.64. The summed E-state index contributed by atoms with van der Waals surface area (Å²) in [5.74, 6) is 0. The van der Waals surface area contributed by atoms with Gasteiger partial charge in [0.2, 0.25) is 0 Å². The molecule has 0 aliphatic rings. The summed E-state index contributed by atoms with van der Waals surface area (Å²) in [6.45, 7) is 6.84. The van der Waals surface area contributed by atoms with Gasteiger partial charge in [0.1, 0.15) is 8.07 Å². The molecule has 0 radical (unpaired) electrons. The van der Waals surface area contributed by atoms with E-state index < -0.39 is 8.07 Å².